The molecule has 2 aromatic carbocycles. The number of alkyl halides is 3. The predicted octanol–water partition coefficient (Wildman–Crippen LogP) is 4.40. The van der Waals surface area contributed by atoms with Gasteiger partial charge in [0, 0.05) is 6.54 Å². The minimum atomic E-state index is -4.54. The maximum atomic E-state index is 14.3. The highest BCUT2D eigenvalue weighted by Crippen LogP contribution is 2.29. The number of hydrogen-bond acceptors (Lipinski definition) is 3. The summed E-state index contributed by atoms with van der Waals surface area (Å²) >= 11 is 0. The second-order valence-corrected chi connectivity index (χ2v) is 5.77. The van der Waals surface area contributed by atoms with Crippen LogP contribution in [-0.4, -0.2) is 15.8 Å². The number of pyridine rings is 1. The number of halogens is 5. The van der Waals surface area contributed by atoms with Crippen molar-refractivity contribution in [3.63, 3.8) is 0 Å². The Morgan fingerprint density at radius 3 is 2.21 bits per heavy atom. The molecule has 1 N–H and O–H groups in total. The zero-order valence-electron chi connectivity index (χ0n) is 13.8. The van der Waals surface area contributed by atoms with E-state index in [0.29, 0.717) is 6.07 Å². The summed E-state index contributed by atoms with van der Waals surface area (Å²) in [6.45, 7) is -0.273. The fourth-order valence-electron chi connectivity index (χ4n) is 2.71. The number of rotatable bonds is 3. The standard InChI is InChI=1S/C18H10F5NO4/c19-11-5-6-12(20)15-14(11)16(25)13(28-17(26)27)8-24(15)7-9-1-3-10(4-2-9)18(21,22)23/h1-6,8H,7H2,(H,26,27). The molecule has 0 amide bonds. The molecule has 0 aliphatic carbocycles. The Morgan fingerprint density at radius 2 is 1.64 bits per heavy atom. The SMILES string of the molecule is O=C(O)Oc1cn(Cc2ccc(C(F)(F)F)cc2)c2c(F)ccc(F)c2c1=O. The van der Waals surface area contributed by atoms with Crippen LogP contribution in [0.5, 0.6) is 5.75 Å². The number of fused-ring (bicyclic) bond motifs is 1. The Bertz CT molecular complexity index is 1120. The summed E-state index contributed by atoms with van der Waals surface area (Å²) in [6, 6.07) is 5.35. The largest absolute Gasteiger partial charge is 0.511 e. The van der Waals surface area contributed by atoms with Crippen LogP contribution in [0.4, 0.5) is 26.7 Å². The third kappa shape index (κ3) is 3.66. The lowest BCUT2D eigenvalue weighted by atomic mass is 10.1. The summed E-state index contributed by atoms with van der Waals surface area (Å²) in [4.78, 5) is 23.0. The third-order valence-electron chi connectivity index (χ3n) is 3.92. The van der Waals surface area contributed by atoms with Crippen molar-refractivity contribution in [1.82, 2.24) is 4.57 Å². The summed E-state index contributed by atoms with van der Waals surface area (Å²) in [7, 11) is 0. The zero-order chi connectivity index (χ0) is 20.6. The molecule has 5 nitrogen and oxygen atoms in total. The van der Waals surface area contributed by atoms with Crippen LogP contribution in [0.25, 0.3) is 10.9 Å². The monoisotopic (exact) mass is 399 g/mol. The molecule has 1 aromatic heterocycles. The number of aromatic nitrogens is 1. The molecule has 28 heavy (non-hydrogen) atoms. The van der Waals surface area contributed by atoms with Crippen LogP contribution in [0.2, 0.25) is 0 Å². The fraction of sp³-hybridized carbons (Fsp3) is 0.111. The number of carboxylic acid groups (broad SMARTS) is 1. The molecule has 146 valence electrons. The zero-order valence-corrected chi connectivity index (χ0v) is 13.8. The van der Waals surface area contributed by atoms with Crippen molar-refractivity contribution < 1.29 is 36.6 Å². The van der Waals surface area contributed by atoms with Gasteiger partial charge in [0.2, 0.25) is 5.43 Å². The van der Waals surface area contributed by atoms with Gasteiger partial charge in [0.1, 0.15) is 11.6 Å². The number of carbonyl (C=O) groups is 1. The van der Waals surface area contributed by atoms with Crippen LogP contribution in [0, 0.1) is 11.6 Å². The van der Waals surface area contributed by atoms with Gasteiger partial charge in [-0.3, -0.25) is 4.79 Å². The molecule has 0 unspecified atom stereocenters. The molecule has 1 heterocycles. The van der Waals surface area contributed by atoms with E-state index < -0.39 is 51.6 Å². The summed E-state index contributed by atoms with van der Waals surface area (Å²) < 4.78 is 71.8. The number of nitrogens with zero attached hydrogens (tertiary/aromatic N) is 1. The van der Waals surface area contributed by atoms with Crippen LogP contribution >= 0.6 is 0 Å². The first-order chi connectivity index (χ1) is 13.1. The van der Waals surface area contributed by atoms with Gasteiger partial charge in [-0.25, -0.2) is 13.6 Å². The van der Waals surface area contributed by atoms with Crippen LogP contribution < -0.4 is 10.2 Å². The Balaban J connectivity index is 2.16. The molecule has 0 bridgehead atoms. The minimum absolute atomic E-state index is 0.267. The predicted molar refractivity (Wildman–Crippen MR) is 87.3 cm³/mol. The van der Waals surface area contributed by atoms with Gasteiger partial charge in [0.25, 0.3) is 0 Å². The van der Waals surface area contributed by atoms with Gasteiger partial charge in [-0.2, -0.15) is 13.2 Å². The molecule has 0 aliphatic rings. The van der Waals surface area contributed by atoms with Gasteiger partial charge >= 0.3 is 12.3 Å². The minimum Gasteiger partial charge on any atom is -0.449 e. The van der Waals surface area contributed by atoms with Gasteiger partial charge in [0.15, 0.2) is 5.75 Å². The van der Waals surface area contributed by atoms with Crippen molar-refractivity contribution >= 4 is 17.1 Å². The molecular weight excluding hydrogens is 389 g/mol. The van der Waals surface area contributed by atoms with E-state index in [-0.39, 0.29) is 12.1 Å². The molecule has 3 aromatic rings. The highest BCUT2D eigenvalue weighted by Gasteiger charge is 2.30. The van der Waals surface area contributed by atoms with E-state index >= 15 is 0 Å². The van der Waals surface area contributed by atoms with Gasteiger partial charge in [-0.1, -0.05) is 12.1 Å². The molecule has 0 spiro atoms. The normalized spacial score (nSPS) is 11.6. The first-order valence-electron chi connectivity index (χ1n) is 7.66. The number of benzene rings is 2. The number of hydrogen-bond donors (Lipinski definition) is 1. The fourth-order valence-corrected chi connectivity index (χ4v) is 2.71. The molecular formula is C18H10F5NO4. The summed E-state index contributed by atoms with van der Waals surface area (Å²) in [5, 5.41) is 8.00. The molecule has 0 atom stereocenters. The average Bonchev–Trinajstić information content (AvgIpc) is 2.60. The Hall–Kier alpha value is -3.43. The Kier molecular flexibility index (Phi) is 4.80. The van der Waals surface area contributed by atoms with Gasteiger partial charge in [-0.05, 0) is 29.8 Å². The molecule has 10 heteroatoms. The van der Waals surface area contributed by atoms with Crippen LogP contribution in [0.15, 0.2) is 47.4 Å². The summed E-state index contributed by atoms with van der Waals surface area (Å²) in [6.07, 6.45) is -5.52. The molecule has 0 fully saturated rings. The smallest absolute Gasteiger partial charge is 0.449 e. The van der Waals surface area contributed by atoms with Crippen molar-refractivity contribution in [1.29, 1.82) is 0 Å². The van der Waals surface area contributed by atoms with Gasteiger partial charge in [-0.15, -0.1) is 0 Å². The second kappa shape index (κ2) is 6.95. The average molecular weight is 399 g/mol. The maximum absolute atomic E-state index is 14.3. The lowest BCUT2D eigenvalue weighted by molar-refractivity contribution is -0.137. The van der Waals surface area contributed by atoms with Crippen molar-refractivity contribution in [2.24, 2.45) is 0 Å². The highest BCUT2D eigenvalue weighted by atomic mass is 19.4. The van der Waals surface area contributed by atoms with E-state index in [1.165, 1.54) is 0 Å². The molecule has 3 rings (SSSR count). The quantitative estimate of drug-likeness (QED) is 0.524. The lowest BCUT2D eigenvalue weighted by Crippen LogP contribution is -2.18. The van der Waals surface area contributed by atoms with E-state index in [0.717, 1.165) is 41.1 Å². The van der Waals surface area contributed by atoms with Crippen molar-refractivity contribution in [2.75, 3.05) is 0 Å². The summed E-state index contributed by atoms with van der Waals surface area (Å²) in [5.74, 6) is -2.84. The second-order valence-electron chi connectivity index (χ2n) is 5.77. The number of ether oxygens (including phenoxy) is 1. The Morgan fingerprint density at radius 1 is 1.04 bits per heavy atom. The van der Waals surface area contributed by atoms with E-state index in [4.69, 9.17) is 5.11 Å². The Labute approximate surface area is 153 Å². The molecule has 0 radical (unpaired) electrons. The highest BCUT2D eigenvalue weighted by molar-refractivity contribution is 5.82. The molecule has 0 saturated carbocycles. The first kappa shape index (κ1) is 19.3. The van der Waals surface area contributed by atoms with Gasteiger partial charge in [0.05, 0.1) is 22.7 Å². The third-order valence-corrected chi connectivity index (χ3v) is 3.92. The molecule has 0 aliphatic heterocycles. The van der Waals surface area contributed by atoms with Crippen LogP contribution in [0.3, 0.4) is 0 Å². The van der Waals surface area contributed by atoms with E-state index in [9.17, 15) is 31.5 Å². The lowest BCUT2D eigenvalue weighted by Gasteiger charge is -2.14. The van der Waals surface area contributed by atoms with Crippen molar-refractivity contribution in [2.45, 2.75) is 12.7 Å². The van der Waals surface area contributed by atoms with Crippen LogP contribution in [-0.2, 0) is 12.7 Å². The van der Waals surface area contributed by atoms with Crippen LogP contribution in [0.1, 0.15) is 11.1 Å². The van der Waals surface area contributed by atoms with E-state index in [2.05, 4.69) is 4.74 Å². The topological polar surface area (TPSA) is 68.5 Å². The maximum Gasteiger partial charge on any atom is 0.511 e. The summed E-state index contributed by atoms with van der Waals surface area (Å²) in [5.41, 5.74) is -2.27. The van der Waals surface area contributed by atoms with Gasteiger partial charge < -0.3 is 14.4 Å². The van der Waals surface area contributed by atoms with E-state index in [1.807, 2.05) is 0 Å². The van der Waals surface area contributed by atoms with Crippen molar-refractivity contribution in [3.8, 4) is 5.75 Å². The first-order valence-corrected chi connectivity index (χ1v) is 7.66. The van der Waals surface area contributed by atoms with Crippen molar-refractivity contribution in [3.05, 3.63) is 75.6 Å². The van der Waals surface area contributed by atoms with E-state index in [1.54, 1.807) is 0 Å². The molecule has 0 saturated heterocycles.